The molecular formula is C25H24F7NO4. The maximum atomic E-state index is 14.2. The zero-order valence-electron chi connectivity index (χ0n) is 20.3. The first-order chi connectivity index (χ1) is 17.2. The van der Waals surface area contributed by atoms with E-state index >= 15 is 0 Å². The Hall–Kier alpha value is -3.28. The van der Waals surface area contributed by atoms with Crippen LogP contribution in [0.25, 0.3) is 21.5 Å². The Morgan fingerprint density at radius 3 is 1.86 bits per heavy atom. The highest BCUT2D eigenvalue weighted by Gasteiger charge is 2.77. The Labute approximate surface area is 207 Å². The van der Waals surface area contributed by atoms with Gasteiger partial charge in [-0.15, -0.1) is 0 Å². The van der Waals surface area contributed by atoms with E-state index in [1.54, 1.807) is 24.3 Å². The topological polar surface area (TPSA) is 48.0 Å². The number of alkyl halides is 7. The molecule has 0 bridgehead atoms. The van der Waals surface area contributed by atoms with Gasteiger partial charge in [-0.25, -0.2) is 4.79 Å². The number of carbonyl (C=O) groups excluding carboxylic acids is 1. The van der Waals surface area contributed by atoms with E-state index < -0.39 is 29.7 Å². The molecule has 0 N–H and O–H groups in total. The number of hydrogen-bond acceptors (Lipinski definition) is 5. The van der Waals surface area contributed by atoms with Crippen LogP contribution in [0.5, 0.6) is 17.2 Å². The smallest absolute Gasteiger partial charge is 0.460 e. The van der Waals surface area contributed by atoms with Crippen LogP contribution in [0.1, 0.15) is 12.5 Å². The summed E-state index contributed by atoms with van der Waals surface area (Å²) in [5, 5.41) is 1.29. The van der Waals surface area contributed by atoms with Gasteiger partial charge in [0, 0.05) is 22.9 Å². The Kier molecular flexibility index (Phi) is 7.83. The molecule has 3 aromatic rings. The van der Waals surface area contributed by atoms with E-state index in [0.29, 0.717) is 47.0 Å². The lowest BCUT2D eigenvalue weighted by Gasteiger charge is -2.27. The van der Waals surface area contributed by atoms with Crippen molar-refractivity contribution in [2.75, 3.05) is 34.4 Å². The molecule has 3 aromatic carbocycles. The van der Waals surface area contributed by atoms with Crippen LogP contribution in [0.3, 0.4) is 0 Å². The minimum absolute atomic E-state index is 0.0179. The average molecular weight is 535 g/mol. The van der Waals surface area contributed by atoms with E-state index in [1.165, 1.54) is 19.2 Å². The monoisotopic (exact) mass is 535 g/mol. The molecule has 0 aliphatic heterocycles. The SMILES string of the molecule is CCN(C)CCc1c(OC)ccc2ccc3ccc(OC)c(OC(=O)C(F)(F)C(F)(F)C(F)(F)F)c3c12. The molecule has 0 unspecified atom stereocenters. The predicted molar refractivity (Wildman–Crippen MR) is 123 cm³/mol. The summed E-state index contributed by atoms with van der Waals surface area (Å²) in [5.41, 5.74) is 0.587. The predicted octanol–water partition coefficient (Wildman–Crippen LogP) is 6.24. The van der Waals surface area contributed by atoms with Crippen molar-refractivity contribution in [1.82, 2.24) is 4.90 Å². The molecule has 0 saturated carbocycles. The van der Waals surface area contributed by atoms with Gasteiger partial charge >= 0.3 is 24.0 Å². The fourth-order valence-electron chi connectivity index (χ4n) is 3.86. The van der Waals surface area contributed by atoms with Crippen molar-refractivity contribution in [3.63, 3.8) is 0 Å². The standard InChI is InChI=1S/C25H24F7NO4/c1-5-33(2)13-12-16-17(35-3)10-8-14-6-7-15-9-11-18(36-4)21(20(15)19(14)16)37-22(34)23(26,27)24(28,29)25(30,31)32/h6-11H,5,12-13H2,1-4H3. The summed E-state index contributed by atoms with van der Waals surface area (Å²) in [6.45, 7) is 3.19. The van der Waals surface area contributed by atoms with Crippen LogP contribution in [-0.4, -0.2) is 63.2 Å². The van der Waals surface area contributed by atoms with Gasteiger partial charge in [0.1, 0.15) is 5.75 Å². The summed E-state index contributed by atoms with van der Waals surface area (Å²) in [6, 6.07) is 9.33. The molecule has 202 valence electrons. The summed E-state index contributed by atoms with van der Waals surface area (Å²) in [4.78, 5) is 14.2. The van der Waals surface area contributed by atoms with Crippen molar-refractivity contribution in [1.29, 1.82) is 0 Å². The van der Waals surface area contributed by atoms with Crippen molar-refractivity contribution in [3.8, 4) is 17.2 Å². The molecule has 3 rings (SSSR count). The summed E-state index contributed by atoms with van der Waals surface area (Å²) in [6.07, 6.45) is -6.31. The van der Waals surface area contributed by atoms with Gasteiger partial charge in [0.2, 0.25) is 0 Å². The maximum absolute atomic E-state index is 14.2. The molecule has 0 aliphatic carbocycles. The van der Waals surface area contributed by atoms with Gasteiger partial charge in [0.15, 0.2) is 11.5 Å². The van der Waals surface area contributed by atoms with E-state index in [1.807, 2.05) is 18.9 Å². The van der Waals surface area contributed by atoms with Crippen LogP contribution < -0.4 is 14.2 Å². The van der Waals surface area contributed by atoms with E-state index in [2.05, 4.69) is 4.74 Å². The van der Waals surface area contributed by atoms with E-state index in [4.69, 9.17) is 9.47 Å². The van der Waals surface area contributed by atoms with Crippen molar-refractivity contribution < 1.29 is 49.7 Å². The molecular weight excluding hydrogens is 511 g/mol. The molecule has 0 aromatic heterocycles. The second kappa shape index (κ2) is 10.2. The highest BCUT2D eigenvalue weighted by molar-refractivity contribution is 6.14. The van der Waals surface area contributed by atoms with Gasteiger partial charge in [-0.1, -0.05) is 31.2 Å². The third-order valence-electron chi connectivity index (χ3n) is 6.07. The molecule has 0 heterocycles. The molecule has 0 saturated heterocycles. The normalized spacial score (nSPS) is 12.9. The minimum Gasteiger partial charge on any atom is -0.496 e. The largest absolute Gasteiger partial charge is 0.496 e. The van der Waals surface area contributed by atoms with Gasteiger partial charge in [-0.05, 0) is 42.9 Å². The number of fused-ring (bicyclic) bond motifs is 3. The van der Waals surface area contributed by atoms with Crippen molar-refractivity contribution in [2.24, 2.45) is 0 Å². The number of esters is 1. The number of nitrogens with zero attached hydrogens (tertiary/aromatic N) is 1. The lowest BCUT2D eigenvalue weighted by atomic mass is 9.94. The number of benzene rings is 3. The number of halogens is 7. The molecule has 0 spiro atoms. The van der Waals surface area contributed by atoms with Gasteiger partial charge in [0.05, 0.1) is 14.2 Å². The quantitative estimate of drug-likeness (QED) is 0.141. The third-order valence-corrected chi connectivity index (χ3v) is 6.07. The van der Waals surface area contributed by atoms with Crippen molar-refractivity contribution >= 4 is 27.5 Å². The number of methoxy groups -OCH3 is 2. The first-order valence-corrected chi connectivity index (χ1v) is 11.0. The zero-order chi connectivity index (χ0) is 27.8. The summed E-state index contributed by atoms with van der Waals surface area (Å²) >= 11 is 0. The third kappa shape index (κ3) is 4.98. The fraction of sp³-hybridized carbons (Fsp3) is 0.400. The Bertz CT molecular complexity index is 1310. The fourth-order valence-corrected chi connectivity index (χ4v) is 3.86. The number of hydrogen-bond donors (Lipinski definition) is 0. The van der Waals surface area contributed by atoms with E-state index in [9.17, 15) is 35.5 Å². The first-order valence-electron chi connectivity index (χ1n) is 11.0. The Morgan fingerprint density at radius 1 is 0.838 bits per heavy atom. The lowest BCUT2D eigenvalue weighted by Crippen LogP contribution is -2.57. The van der Waals surface area contributed by atoms with Crippen LogP contribution in [0.4, 0.5) is 30.7 Å². The zero-order valence-corrected chi connectivity index (χ0v) is 20.3. The first kappa shape index (κ1) is 28.3. The van der Waals surface area contributed by atoms with Crippen LogP contribution in [0.15, 0.2) is 36.4 Å². The van der Waals surface area contributed by atoms with Crippen LogP contribution >= 0.6 is 0 Å². The van der Waals surface area contributed by atoms with Crippen LogP contribution in [0.2, 0.25) is 0 Å². The van der Waals surface area contributed by atoms with Crippen LogP contribution in [-0.2, 0) is 11.2 Å². The number of likely N-dealkylation sites (N-methyl/N-ethyl adjacent to an activating group) is 1. The molecule has 37 heavy (non-hydrogen) atoms. The Morgan fingerprint density at radius 2 is 1.35 bits per heavy atom. The summed E-state index contributed by atoms with van der Waals surface area (Å²) in [7, 11) is 4.39. The molecule has 0 radical (unpaired) electrons. The molecule has 0 amide bonds. The minimum atomic E-state index is -6.70. The average Bonchev–Trinajstić information content (AvgIpc) is 2.85. The summed E-state index contributed by atoms with van der Waals surface area (Å²) in [5.74, 6) is -16.6. The second-order valence-corrected chi connectivity index (χ2v) is 8.29. The lowest BCUT2D eigenvalue weighted by molar-refractivity contribution is -0.346. The summed E-state index contributed by atoms with van der Waals surface area (Å²) < 4.78 is 109. The van der Waals surface area contributed by atoms with Crippen molar-refractivity contribution in [3.05, 3.63) is 42.0 Å². The second-order valence-electron chi connectivity index (χ2n) is 8.29. The van der Waals surface area contributed by atoms with E-state index in [0.717, 1.165) is 7.11 Å². The highest BCUT2D eigenvalue weighted by Crippen LogP contribution is 2.49. The van der Waals surface area contributed by atoms with Gasteiger partial charge < -0.3 is 19.1 Å². The number of rotatable bonds is 9. The highest BCUT2D eigenvalue weighted by atomic mass is 19.4. The van der Waals surface area contributed by atoms with Gasteiger partial charge in [-0.3, -0.25) is 0 Å². The number of ether oxygens (including phenoxy) is 3. The maximum Gasteiger partial charge on any atom is 0.460 e. The van der Waals surface area contributed by atoms with Crippen LogP contribution in [0, 0.1) is 0 Å². The molecule has 5 nitrogen and oxygen atoms in total. The van der Waals surface area contributed by atoms with Gasteiger partial charge in [0.25, 0.3) is 0 Å². The number of carbonyl (C=O) groups is 1. The molecule has 0 atom stereocenters. The van der Waals surface area contributed by atoms with Crippen molar-refractivity contribution in [2.45, 2.75) is 31.4 Å². The molecule has 0 aliphatic rings. The van der Waals surface area contributed by atoms with Gasteiger partial charge in [-0.2, -0.15) is 30.7 Å². The molecule has 12 heteroatoms. The molecule has 0 fully saturated rings. The Balaban J connectivity index is 2.31. The van der Waals surface area contributed by atoms with E-state index in [-0.39, 0.29) is 11.1 Å².